The molecule has 1 aliphatic rings. The number of rotatable bonds is 3. The monoisotopic (exact) mass is 130 g/mol. The van der Waals surface area contributed by atoms with E-state index in [0.29, 0.717) is 18.6 Å². The van der Waals surface area contributed by atoms with Gasteiger partial charge in [-0.15, -0.1) is 0 Å². The van der Waals surface area contributed by atoms with E-state index in [1.54, 1.807) is 0 Å². The third-order valence-electron chi connectivity index (χ3n) is 1.96. The fourth-order valence-electron chi connectivity index (χ4n) is 1.18. The molecule has 1 fully saturated rings. The van der Waals surface area contributed by atoms with Gasteiger partial charge in [0.1, 0.15) is 0 Å². The fraction of sp³-hybridized carbons (Fsp3) is 1.00. The van der Waals surface area contributed by atoms with Crippen molar-refractivity contribution >= 4 is 0 Å². The minimum atomic E-state index is 0.296. The Bertz CT molecular complexity index is 81.0. The molecule has 2 atom stereocenters. The molecule has 2 heteroatoms. The summed E-state index contributed by atoms with van der Waals surface area (Å²) in [6.07, 6.45) is 2.64. The number of aliphatic hydroxyl groups is 1. The minimum absolute atomic E-state index is 0.296. The minimum Gasteiger partial charge on any atom is -0.396 e. The van der Waals surface area contributed by atoms with Gasteiger partial charge < -0.3 is 9.84 Å². The molecule has 1 aliphatic carbocycles. The van der Waals surface area contributed by atoms with E-state index in [4.69, 9.17) is 9.84 Å². The molecule has 0 heterocycles. The molecule has 0 radical (unpaired) electrons. The smallest absolute Gasteiger partial charge is 0.0625 e. The Morgan fingerprint density at radius 3 is 2.67 bits per heavy atom. The van der Waals surface area contributed by atoms with Crippen molar-refractivity contribution in [2.45, 2.75) is 25.9 Å². The molecule has 0 aromatic carbocycles. The first-order valence-electron chi connectivity index (χ1n) is 3.61. The molecule has 9 heavy (non-hydrogen) atoms. The maximum atomic E-state index is 8.70. The molecule has 1 rings (SSSR count). The lowest BCUT2D eigenvalue weighted by Crippen LogP contribution is -2.36. The van der Waals surface area contributed by atoms with Crippen molar-refractivity contribution in [2.75, 3.05) is 13.2 Å². The van der Waals surface area contributed by atoms with E-state index in [9.17, 15) is 0 Å². The first kappa shape index (κ1) is 7.03. The van der Waals surface area contributed by atoms with Crippen molar-refractivity contribution in [1.82, 2.24) is 0 Å². The maximum absolute atomic E-state index is 8.70. The van der Waals surface area contributed by atoms with Crippen LogP contribution in [0.1, 0.15) is 19.8 Å². The van der Waals surface area contributed by atoms with Gasteiger partial charge in [0.2, 0.25) is 0 Å². The molecular formula is C7H14O2. The zero-order valence-electron chi connectivity index (χ0n) is 5.84. The highest BCUT2D eigenvalue weighted by molar-refractivity contribution is 4.80. The standard InChI is InChI=1S/C7H14O2/c1-2-9-7-4-3-6(7)5-8/h6-8H,2-5H2,1H3/t6-,7+/m0/s1. The van der Waals surface area contributed by atoms with E-state index < -0.39 is 0 Å². The van der Waals surface area contributed by atoms with E-state index in [0.717, 1.165) is 19.4 Å². The summed E-state index contributed by atoms with van der Waals surface area (Å²) >= 11 is 0. The lowest BCUT2D eigenvalue weighted by Gasteiger charge is -2.34. The van der Waals surface area contributed by atoms with Gasteiger partial charge in [-0.25, -0.2) is 0 Å². The summed E-state index contributed by atoms with van der Waals surface area (Å²) < 4.78 is 5.32. The number of hydrogen-bond donors (Lipinski definition) is 1. The summed E-state index contributed by atoms with van der Waals surface area (Å²) in [5.74, 6) is 0.435. The van der Waals surface area contributed by atoms with Crippen molar-refractivity contribution < 1.29 is 9.84 Å². The summed E-state index contributed by atoms with van der Waals surface area (Å²) in [5, 5.41) is 8.70. The van der Waals surface area contributed by atoms with Crippen LogP contribution >= 0.6 is 0 Å². The van der Waals surface area contributed by atoms with Gasteiger partial charge in [0.25, 0.3) is 0 Å². The normalized spacial score (nSPS) is 34.0. The van der Waals surface area contributed by atoms with Crippen LogP contribution in [-0.2, 0) is 4.74 Å². The first-order valence-corrected chi connectivity index (χ1v) is 3.61. The third-order valence-corrected chi connectivity index (χ3v) is 1.96. The van der Waals surface area contributed by atoms with Crippen LogP contribution in [0, 0.1) is 5.92 Å². The average molecular weight is 130 g/mol. The van der Waals surface area contributed by atoms with E-state index in [-0.39, 0.29) is 0 Å². The van der Waals surface area contributed by atoms with Crippen molar-refractivity contribution in [3.63, 3.8) is 0 Å². The van der Waals surface area contributed by atoms with Crippen molar-refractivity contribution in [3.05, 3.63) is 0 Å². The molecule has 1 saturated carbocycles. The number of aliphatic hydroxyl groups excluding tert-OH is 1. The van der Waals surface area contributed by atoms with E-state index >= 15 is 0 Å². The predicted molar refractivity (Wildman–Crippen MR) is 35.2 cm³/mol. The highest BCUT2D eigenvalue weighted by Crippen LogP contribution is 2.29. The second kappa shape index (κ2) is 3.18. The number of hydrogen-bond acceptors (Lipinski definition) is 2. The van der Waals surface area contributed by atoms with Crippen LogP contribution in [-0.4, -0.2) is 24.4 Å². The highest BCUT2D eigenvalue weighted by atomic mass is 16.5. The van der Waals surface area contributed by atoms with Gasteiger partial charge in [0, 0.05) is 19.1 Å². The van der Waals surface area contributed by atoms with Gasteiger partial charge in [-0.2, -0.15) is 0 Å². The maximum Gasteiger partial charge on any atom is 0.0625 e. The van der Waals surface area contributed by atoms with E-state index in [1.165, 1.54) is 0 Å². The van der Waals surface area contributed by atoms with Crippen LogP contribution in [0.4, 0.5) is 0 Å². The van der Waals surface area contributed by atoms with Gasteiger partial charge in [-0.3, -0.25) is 0 Å². The summed E-state index contributed by atoms with van der Waals surface area (Å²) in [7, 11) is 0. The molecule has 0 spiro atoms. The van der Waals surface area contributed by atoms with Crippen molar-refractivity contribution in [2.24, 2.45) is 5.92 Å². The molecule has 1 N–H and O–H groups in total. The Labute approximate surface area is 55.8 Å². The Morgan fingerprint density at radius 1 is 1.56 bits per heavy atom. The quantitative estimate of drug-likeness (QED) is 0.612. The number of ether oxygens (including phenoxy) is 1. The molecule has 0 amide bonds. The Kier molecular flexibility index (Phi) is 2.49. The zero-order chi connectivity index (χ0) is 6.69. The molecule has 0 aromatic heterocycles. The topological polar surface area (TPSA) is 29.5 Å². The summed E-state index contributed by atoms with van der Waals surface area (Å²) in [4.78, 5) is 0. The molecule has 0 aliphatic heterocycles. The van der Waals surface area contributed by atoms with Crippen LogP contribution in [0.5, 0.6) is 0 Å². The van der Waals surface area contributed by atoms with Crippen LogP contribution in [0.15, 0.2) is 0 Å². The average Bonchev–Trinajstić information content (AvgIpc) is 1.82. The van der Waals surface area contributed by atoms with Crippen LogP contribution < -0.4 is 0 Å². The Hall–Kier alpha value is -0.0800. The van der Waals surface area contributed by atoms with Gasteiger partial charge in [-0.05, 0) is 19.8 Å². The molecule has 0 aromatic rings. The molecule has 54 valence electrons. The second-order valence-corrected chi connectivity index (χ2v) is 2.51. The molecular weight excluding hydrogens is 116 g/mol. The summed E-state index contributed by atoms with van der Waals surface area (Å²) in [6, 6.07) is 0. The Morgan fingerprint density at radius 2 is 2.33 bits per heavy atom. The lowest BCUT2D eigenvalue weighted by molar-refractivity contribution is -0.0593. The van der Waals surface area contributed by atoms with Gasteiger partial charge in [0.15, 0.2) is 0 Å². The molecule has 0 unspecified atom stereocenters. The van der Waals surface area contributed by atoms with E-state index in [1.807, 2.05) is 6.92 Å². The van der Waals surface area contributed by atoms with Crippen molar-refractivity contribution in [1.29, 1.82) is 0 Å². The van der Waals surface area contributed by atoms with Crippen LogP contribution in [0.2, 0.25) is 0 Å². The zero-order valence-corrected chi connectivity index (χ0v) is 5.84. The van der Waals surface area contributed by atoms with Gasteiger partial charge in [0.05, 0.1) is 6.10 Å². The summed E-state index contributed by atoms with van der Waals surface area (Å²) in [6.45, 7) is 3.07. The highest BCUT2D eigenvalue weighted by Gasteiger charge is 2.30. The summed E-state index contributed by atoms with van der Waals surface area (Å²) in [5.41, 5.74) is 0. The second-order valence-electron chi connectivity index (χ2n) is 2.51. The fourth-order valence-corrected chi connectivity index (χ4v) is 1.18. The first-order chi connectivity index (χ1) is 4.38. The Balaban J connectivity index is 2.11. The van der Waals surface area contributed by atoms with Crippen LogP contribution in [0.3, 0.4) is 0 Å². The van der Waals surface area contributed by atoms with Crippen molar-refractivity contribution in [3.8, 4) is 0 Å². The van der Waals surface area contributed by atoms with E-state index in [2.05, 4.69) is 0 Å². The molecule has 0 saturated heterocycles. The lowest BCUT2D eigenvalue weighted by atomic mass is 9.82. The predicted octanol–water partition coefficient (Wildman–Crippen LogP) is 0.794. The third kappa shape index (κ3) is 1.43. The molecule has 0 bridgehead atoms. The van der Waals surface area contributed by atoms with Gasteiger partial charge >= 0.3 is 0 Å². The van der Waals surface area contributed by atoms with Gasteiger partial charge in [-0.1, -0.05) is 0 Å². The molecule has 2 nitrogen and oxygen atoms in total. The largest absolute Gasteiger partial charge is 0.396 e. The SMILES string of the molecule is CCO[C@@H]1CC[C@H]1CO. The van der Waals surface area contributed by atoms with Crippen LogP contribution in [0.25, 0.3) is 0 Å².